The Hall–Kier alpha value is -3.35. The second kappa shape index (κ2) is 8.15. The maximum absolute atomic E-state index is 14.6. The molecular weight excluding hydrogens is 466 g/mol. The molecule has 2 aliphatic rings. The summed E-state index contributed by atoms with van der Waals surface area (Å²) in [6.07, 6.45) is 2.12. The summed E-state index contributed by atoms with van der Waals surface area (Å²) in [5.74, 6) is -1.61. The van der Waals surface area contributed by atoms with E-state index in [9.17, 15) is 22.0 Å². The van der Waals surface area contributed by atoms with Crippen LogP contribution in [0, 0.1) is 11.6 Å². The van der Waals surface area contributed by atoms with Crippen molar-refractivity contribution in [1.82, 2.24) is 14.6 Å². The monoisotopic (exact) mass is 488 g/mol. The molecule has 0 bridgehead atoms. The number of benzene rings is 1. The van der Waals surface area contributed by atoms with Crippen molar-refractivity contribution in [1.29, 1.82) is 0 Å². The summed E-state index contributed by atoms with van der Waals surface area (Å²) >= 11 is 0. The van der Waals surface area contributed by atoms with Gasteiger partial charge in [-0.1, -0.05) is 6.07 Å². The van der Waals surface area contributed by atoms with Gasteiger partial charge in [-0.05, 0) is 24.3 Å². The first-order valence-electron chi connectivity index (χ1n) is 10.6. The molecular formula is C22H22F2N6O3S. The third-order valence-electron chi connectivity index (χ3n) is 6.16. The standard InChI is InChI=1S/C22H22F2N6O3S/c1-28-21(25)18-19(27-28)14(12-30(22(18)31)20-15(23)3-2-4-16(20)24)17-6-5-13(11-26-17)29-7-9-34(32,33)10-8-29/h2-6,11-12,21,27H,7-10,25H2,1H3. The van der Waals surface area contributed by atoms with Crippen molar-refractivity contribution in [3.05, 3.63) is 70.3 Å². The summed E-state index contributed by atoms with van der Waals surface area (Å²) in [7, 11) is -1.36. The summed E-state index contributed by atoms with van der Waals surface area (Å²) < 4.78 is 53.5. The zero-order valence-corrected chi connectivity index (χ0v) is 19.0. The number of nitrogens with zero attached hydrogens (tertiary/aromatic N) is 4. The molecule has 178 valence electrons. The fraction of sp³-hybridized carbons (Fsp3) is 0.273. The molecule has 1 saturated heterocycles. The van der Waals surface area contributed by atoms with Crippen LogP contribution < -0.4 is 21.6 Å². The maximum atomic E-state index is 14.6. The van der Waals surface area contributed by atoms with E-state index in [2.05, 4.69) is 10.4 Å². The quantitative estimate of drug-likeness (QED) is 0.572. The molecule has 9 nitrogen and oxygen atoms in total. The Morgan fingerprint density at radius 1 is 1.12 bits per heavy atom. The lowest BCUT2D eigenvalue weighted by molar-refractivity contribution is 0.326. The van der Waals surface area contributed by atoms with Crippen LogP contribution in [0.15, 0.2) is 47.5 Å². The highest BCUT2D eigenvalue weighted by Crippen LogP contribution is 2.37. The number of halogens is 2. The van der Waals surface area contributed by atoms with E-state index in [0.717, 1.165) is 22.4 Å². The van der Waals surface area contributed by atoms with Crippen LogP contribution in [0.5, 0.6) is 0 Å². The second-order valence-corrected chi connectivity index (χ2v) is 10.6. The number of hydrazine groups is 1. The van der Waals surface area contributed by atoms with Crippen molar-refractivity contribution < 1.29 is 17.2 Å². The van der Waals surface area contributed by atoms with Crippen LogP contribution in [0.2, 0.25) is 0 Å². The largest absolute Gasteiger partial charge is 0.368 e. The molecule has 0 amide bonds. The summed E-state index contributed by atoms with van der Waals surface area (Å²) in [4.78, 5) is 19.7. The number of para-hydroxylation sites is 1. The highest BCUT2D eigenvalue weighted by molar-refractivity contribution is 7.91. The zero-order chi connectivity index (χ0) is 24.2. The van der Waals surface area contributed by atoms with Gasteiger partial charge in [0.1, 0.15) is 23.5 Å². The van der Waals surface area contributed by atoms with E-state index < -0.39 is 38.9 Å². The maximum Gasteiger partial charge on any atom is 0.263 e. The normalized spacial score (nSPS) is 19.6. The summed E-state index contributed by atoms with van der Waals surface area (Å²) in [6.45, 7) is 0.745. The second-order valence-electron chi connectivity index (χ2n) is 8.28. The molecule has 1 atom stereocenters. The van der Waals surface area contributed by atoms with Crippen LogP contribution in [-0.2, 0) is 9.84 Å². The summed E-state index contributed by atoms with van der Waals surface area (Å²) in [5.41, 5.74) is 10.3. The molecule has 4 heterocycles. The van der Waals surface area contributed by atoms with Gasteiger partial charge in [0.25, 0.3) is 5.56 Å². The highest BCUT2D eigenvalue weighted by atomic mass is 32.2. The molecule has 1 aromatic carbocycles. The van der Waals surface area contributed by atoms with Gasteiger partial charge in [-0.3, -0.25) is 14.3 Å². The smallest absolute Gasteiger partial charge is 0.263 e. The van der Waals surface area contributed by atoms with E-state index in [1.54, 1.807) is 25.4 Å². The summed E-state index contributed by atoms with van der Waals surface area (Å²) in [5, 5.41) is 1.53. The fourth-order valence-corrected chi connectivity index (χ4v) is 5.45. The van der Waals surface area contributed by atoms with Gasteiger partial charge >= 0.3 is 0 Å². The molecule has 2 aliphatic heterocycles. The number of hydrogen-bond acceptors (Lipinski definition) is 8. The van der Waals surface area contributed by atoms with Crippen LogP contribution in [0.3, 0.4) is 0 Å². The van der Waals surface area contributed by atoms with Crippen LogP contribution in [-0.4, -0.2) is 54.6 Å². The minimum absolute atomic E-state index is 0.0789. The average Bonchev–Trinajstić information content (AvgIpc) is 3.10. The third kappa shape index (κ3) is 3.73. The third-order valence-corrected chi connectivity index (χ3v) is 7.77. The van der Waals surface area contributed by atoms with Gasteiger partial charge in [-0.25, -0.2) is 22.2 Å². The number of fused-ring (bicyclic) bond motifs is 1. The molecule has 3 N–H and O–H groups in total. The van der Waals surface area contributed by atoms with Crippen LogP contribution in [0.1, 0.15) is 11.7 Å². The van der Waals surface area contributed by atoms with Gasteiger partial charge in [-0.2, -0.15) is 0 Å². The van der Waals surface area contributed by atoms with Gasteiger partial charge in [0.15, 0.2) is 9.84 Å². The molecule has 0 aliphatic carbocycles. The molecule has 2 aromatic heterocycles. The van der Waals surface area contributed by atoms with E-state index in [1.165, 1.54) is 17.3 Å². The first-order valence-corrected chi connectivity index (χ1v) is 12.4. The predicted octanol–water partition coefficient (Wildman–Crippen LogP) is 1.64. The molecule has 1 unspecified atom stereocenters. The van der Waals surface area contributed by atoms with E-state index in [0.29, 0.717) is 30.0 Å². The fourth-order valence-electron chi connectivity index (χ4n) is 4.25. The molecule has 1 fully saturated rings. The molecule has 3 aromatic rings. The minimum atomic E-state index is -3.01. The number of aromatic nitrogens is 2. The van der Waals surface area contributed by atoms with Crippen molar-refractivity contribution in [3.63, 3.8) is 0 Å². The lowest BCUT2D eigenvalue weighted by Gasteiger charge is -2.28. The Morgan fingerprint density at radius 2 is 1.79 bits per heavy atom. The van der Waals surface area contributed by atoms with Crippen molar-refractivity contribution in [2.24, 2.45) is 5.73 Å². The zero-order valence-electron chi connectivity index (χ0n) is 18.2. The van der Waals surface area contributed by atoms with Gasteiger partial charge in [0.2, 0.25) is 0 Å². The molecule has 5 rings (SSSR count). The van der Waals surface area contributed by atoms with Crippen LogP contribution in [0.25, 0.3) is 16.9 Å². The lowest BCUT2D eigenvalue weighted by Crippen LogP contribution is -2.40. The van der Waals surface area contributed by atoms with E-state index in [1.807, 2.05) is 4.90 Å². The van der Waals surface area contributed by atoms with E-state index in [4.69, 9.17) is 5.73 Å². The highest BCUT2D eigenvalue weighted by Gasteiger charge is 2.32. The number of anilines is 2. The average molecular weight is 489 g/mol. The Labute approximate surface area is 194 Å². The number of nitrogens with one attached hydrogen (secondary N) is 1. The van der Waals surface area contributed by atoms with Crippen molar-refractivity contribution in [3.8, 4) is 16.9 Å². The Balaban J connectivity index is 1.62. The van der Waals surface area contributed by atoms with Crippen molar-refractivity contribution in [2.45, 2.75) is 6.17 Å². The topological polar surface area (TPSA) is 114 Å². The van der Waals surface area contributed by atoms with Crippen LogP contribution in [0.4, 0.5) is 20.2 Å². The van der Waals surface area contributed by atoms with Gasteiger partial charge in [-0.15, -0.1) is 0 Å². The summed E-state index contributed by atoms with van der Waals surface area (Å²) in [6, 6.07) is 6.89. The molecule has 0 saturated carbocycles. The van der Waals surface area contributed by atoms with Gasteiger partial charge in [0.05, 0.1) is 40.3 Å². The molecule has 12 heteroatoms. The molecule has 0 spiro atoms. The number of rotatable bonds is 3. The first-order chi connectivity index (χ1) is 16.2. The van der Waals surface area contributed by atoms with Gasteiger partial charge < -0.3 is 16.1 Å². The minimum Gasteiger partial charge on any atom is -0.368 e. The number of sulfone groups is 1. The Morgan fingerprint density at radius 3 is 2.41 bits per heavy atom. The number of hydrogen-bond donors (Lipinski definition) is 2. The SMILES string of the molecule is CN1Nc2c(-c3ccc(N4CCS(=O)(=O)CC4)cn3)cn(-c3c(F)cccc3F)c(=O)c2C1N. The predicted molar refractivity (Wildman–Crippen MR) is 124 cm³/mol. The van der Waals surface area contributed by atoms with E-state index >= 15 is 0 Å². The lowest BCUT2D eigenvalue weighted by atomic mass is 10.1. The first kappa shape index (κ1) is 22.4. The number of pyridine rings is 2. The van der Waals surface area contributed by atoms with Crippen molar-refractivity contribution in [2.75, 3.05) is 42.0 Å². The van der Waals surface area contributed by atoms with Crippen molar-refractivity contribution >= 4 is 21.2 Å². The molecule has 34 heavy (non-hydrogen) atoms. The van der Waals surface area contributed by atoms with E-state index in [-0.39, 0.29) is 17.1 Å². The number of nitrogens with two attached hydrogens (primary N) is 1. The molecule has 0 radical (unpaired) electrons. The van der Waals surface area contributed by atoms with Crippen LogP contribution >= 0.6 is 0 Å². The van der Waals surface area contributed by atoms with Gasteiger partial charge in [0, 0.05) is 31.9 Å². The Kier molecular flexibility index (Phi) is 5.38. The Bertz CT molecular complexity index is 1410.